The van der Waals surface area contributed by atoms with Crippen molar-refractivity contribution in [3.05, 3.63) is 23.8 Å². The van der Waals surface area contributed by atoms with E-state index < -0.39 is 11.4 Å². The molecule has 3 amide bonds. The molecule has 28 heavy (non-hydrogen) atoms. The number of anilines is 1. The van der Waals surface area contributed by atoms with E-state index in [0.717, 1.165) is 28.5 Å². The monoisotopic (exact) mass is 400 g/mol. The summed E-state index contributed by atoms with van der Waals surface area (Å²) >= 11 is 1.37. The van der Waals surface area contributed by atoms with Crippen LogP contribution in [0.15, 0.2) is 12.3 Å². The Morgan fingerprint density at radius 1 is 1.36 bits per heavy atom. The van der Waals surface area contributed by atoms with E-state index in [1.54, 1.807) is 11.1 Å². The van der Waals surface area contributed by atoms with Gasteiger partial charge in [0.1, 0.15) is 11.4 Å². The van der Waals surface area contributed by atoms with Gasteiger partial charge >= 0.3 is 6.03 Å². The normalized spacial score (nSPS) is 23.4. The van der Waals surface area contributed by atoms with Crippen molar-refractivity contribution in [2.45, 2.75) is 51.5 Å². The molecule has 1 saturated heterocycles. The van der Waals surface area contributed by atoms with Crippen LogP contribution in [0.2, 0.25) is 0 Å². The fourth-order valence-corrected chi connectivity index (χ4v) is 4.81. The summed E-state index contributed by atoms with van der Waals surface area (Å²) in [5, 5.41) is 3.32. The first kappa shape index (κ1) is 18.8. The largest absolute Gasteiger partial charge is 0.368 e. The smallest absolute Gasteiger partial charge is 0.324 e. The molecule has 2 atom stereocenters. The number of primary amides is 1. The molecule has 2 aromatic heterocycles. The number of nitrogens with zero attached hydrogens (tertiary/aromatic N) is 4. The fourth-order valence-electron chi connectivity index (χ4n) is 3.88. The minimum absolute atomic E-state index is 0.161. The third kappa shape index (κ3) is 2.94. The second-order valence-electron chi connectivity index (χ2n) is 8.51. The van der Waals surface area contributed by atoms with Crippen molar-refractivity contribution in [2.24, 2.45) is 11.7 Å². The lowest BCUT2D eigenvalue weighted by Gasteiger charge is -2.25. The zero-order valence-electron chi connectivity index (χ0n) is 16.4. The van der Waals surface area contributed by atoms with E-state index in [0.29, 0.717) is 18.1 Å². The van der Waals surface area contributed by atoms with Crippen LogP contribution in [0.25, 0.3) is 10.6 Å². The molecule has 1 saturated carbocycles. The van der Waals surface area contributed by atoms with Crippen LogP contribution in [0.4, 0.5) is 9.93 Å². The van der Waals surface area contributed by atoms with Gasteiger partial charge in [0, 0.05) is 18.2 Å². The lowest BCUT2D eigenvalue weighted by atomic mass is 9.95. The van der Waals surface area contributed by atoms with Crippen LogP contribution in [-0.4, -0.2) is 43.9 Å². The van der Waals surface area contributed by atoms with Crippen molar-refractivity contribution in [1.82, 2.24) is 19.9 Å². The van der Waals surface area contributed by atoms with Gasteiger partial charge < -0.3 is 10.6 Å². The molecule has 4 rings (SSSR count). The number of hydrogen-bond donors (Lipinski definition) is 2. The van der Waals surface area contributed by atoms with Crippen LogP contribution in [0, 0.1) is 12.8 Å². The van der Waals surface area contributed by atoms with E-state index in [1.807, 2.05) is 13.0 Å². The molecular formula is C19H24N6O2S. The highest BCUT2D eigenvalue weighted by atomic mass is 32.1. The standard InChI is InChI=1S/C19H24N6O2S/c1-10-13(12-5-7-21-15(23-12)18(2,3)4)28-16(22-10)24-17(27)25-8-6-11-9-19(11,25)14(20)26/h5,7,11H,6,8-9H2,1-4H3,(H2,20,26)(H,22,24,27)/t11-,19+/m1/s1. The minimum atomic E-state index is -0.798. The highest BCUT2D eigenvalue weighted by Gasteiger charge is 2.67. The van der Waals surface area contributed by atoms with E-state index in [4.69, 9.17) is 5.73 Å². The maximum Gasteiger partial charge on any atom is 0.324 e. The number of fused-ring (bicyclic) bond motifs is 1. The molecular weight excluding hydrogens is 376 g/mol. The van der Waals surface area contributed by atoms with E-state index in [-0.39, 0.29) is 17.4 Å². The molecule has 1 aliphatic heterocycles. The zero-order chi connectivity index (χ0) is 20.3. The van der Waals surface area contributed by atoms with Crippen LogP contribution in [-0.2, 0) is 10.2 Å². The molecule has 2 fully saturated rings. The maximum atomic E-state index is 12.8. The number of amides is 3. The predicted octanol–water partition coefficient (Wildman–Crippen LogP) is 2.69. The lowest BCUT2D eigenvalue weighted by molar-refractivity contribution is -0.123. The number of piperidine rings is 1. The molecule has 0 radical (unpaired) electrons. The molecule has 3 N–H and O–H groups in total. The number of aryl methyl sites for hydroxylation is 1. The third-order valence-electron chi connectivity index (χ3n) is 5.50. The quantitative estimate of drug-likeness (QED) is 0.822. The Hall–Kier alpha value is -2.55. The van der Waals surface area contributed by atoms with E-state index >= 15 is 0 Å². The number of nitrogens with two attached hydrogens (primary N) is 1. The number of nitrogens with one attached hydrogen (secondary N) is 1. The Labute approximate surface area is 167 Å². The second-order valence-corrected chi connectivity index (χ2v) is 9.51. The Morgan fingerprint density at radius 2 is 2.11 bits per heavy atom. The first-order chi connectivity index (χ1) is 13.1. The summed E-state index contributed by atoms with van der Waals surface area (Å²) in [6.07, 6.45) is 3.22. The Kier molecular flexibility index (Phi) is 4.18. The van der Waals surface area contributed by atoms with Crippen LogP contribution in [0.3, 0.4) is 0 Å². The first-order valence-corrected chi connectivity index (χ1v) is 10.1. The number of hydrogen-bond acceptors (Lipinski definition) is 6. The average molecular weight is 401 g/mol. The topological polar surface area (TPSA) is 114 Å². The molecule has 0 aromatic carbocycles. The number of likely N-dealkylation sites (tertiary alicyclic amines) is 1. The highest BCUT2D eigenvalue weighted by molar-refractivity contribution is 7.19. The first-order valence-electron chi connectivity index (χ1n) is 9.33. The second kappa shape index (κ2) is 6.23. The van der Waals surface area contributed by atoms with Gasteiger partial charge in [0.2, 0.25) is 5.91 Å². The number of thiazole rings is 1. The molecule has 8 nitrogen and oxygen atoms in total. The van der Waals surface area contributed by atoms with Crippen molar-refractivity contribution in [3.8, 4) is 10.6 Å². The molecule has 148 valence electrons. The number of urea groups is 1. The van der Waals surface area contributed by atoms with E-state index in [2.05, 4.69) is 41.0 Å². The molecule has 0 bridgehead atoms. The highest BCUT2D eigenvalue weighted by Crippen LogP contribution is 2.55. The molecule has 2 aromatic rings. The van der Waals surface area contributed by atoms with Gasteiger partial charge in [0.25, 0.3) is 0 Å². The molecule has 0 unspecified atom stereocenters. The molecule has 2 aliphatic rings. The molecule has 0 spiro atoms. The average Bonchev–Trinajstić information content (AvgIpc) is 3.06. The minimum Gasteiger partial charge on any atom is -0.368 e. The van der Waals surface area contributed by atoms with Crippen LogP contribution >= 0.6 is 11.3 Å². The van der Waals surface area contributed by atoms with Crippen molar-refractivity contribution in [1.29, 1.82) is 0 Å². The van der Waals surface area contributed by atoms with Gasteiger partial charge in [-0.25, -0.2) is 19.7 Å². The van der Waals surface area contributed by atoms with Gasteiger partial charge in [0.15, 0.2) is 5.13 Å². The SMILES string of the molecule is Cc1nc(NC(=O)N2CC[C@@H]3C[C@@]32C(N)=O)sc1-c1ccnc(C(C)(C)C)n1. The Balaban J connectivity index is 1.56. The van der Waals surface area contributed by atoms with Crippen molar-refractivity contribution < 1.29 is 9.59 Å². The molecule has 9 heteroatoms. The summed E-state index contributed by atoms with van der Waals surface area (Å²) in [7, 11) is 0. The van der Waals surface area contributed by atoms with Gasteiger partial charge in [-0.1, -0.05) is 32.1 Å². The molecule has 3 heterocycles. The van der Waals surface area contributed by atoms with E-state index in [9.17, 15) is 9.59 Å². The van der Waals surface area contributed by atoms with Crippen LogP contribution in [0.1, 0.15) is 45.1 Å². The summed E-state index contributed by atoms with van der Waals surface area (Å²) in [6.45, 7) is 8.61. The van der Waals surface area contributed by atoms with Crippen LogP contribution in [0.5, 0.6) is 0 Å². The van der Waals surface area contributed by atoms with Crippen LogP contribution < -0.4 is 11.1 Å². The summed E-state index contributed by atoms with van der Waals surface area (Å²) in [5.74, 6) is 0.529. The van der Waals surface area contributed by atoms with Gasteiger partial charge in [0.05, 0.1) is 16.3 Å². The number of carbonyl (C=O) groups is 2. The lowest BCUT2D eigenvalue weighted by Crippen LogP contribution is -2.50. The van der Waals surface area contributed by atoms with Gasteiger partial charge in [-0.2, -0.15) is 0 Å². The summed E-state index contributed by atoms with van der Waals surface area (Å²) in [6, 6.07) is 1.52. The summed E-state index contributed by atoms with van der Waals surface area (Å²) < 4.78 is 0. The zero-order valence-corrected chi connectivity index (χ0v) is 17.3. The number of carbonyl (C=O) groups excluding carboxylic acids is 2. The van der Waals surface area contributed by atoms with Gasteiger partial charge in [-0.05, 0) is 31.7 Å². The maximum absolute atomic E-state index is 12.8. The van der Waals surface area contributed by atoms with Crippen molar-refractivity contribution >= 4 is 28.4 Å². The number of aromatic nitrogens is 3. The summed E-state index contributed by atoms with van der Waals surface area (Å²) in [4.78, 5) is 40.6. The van der Waals surface area contributed by atoms with Gasteiger partial charge in [-0.15, -0.1) is 0 Å². The predicted molar refractivity (Wildman–Crippen MR) is 107 cm³/mol. The van der Waals surface area contributed by atoms with Gasteiger partial charge in [-0.3, -0.25) is 10.1 Å². The Bertz CT molecular complexity index is 966. The van der Waals surface area contributed by atoms with E-state index in [1.165, 1.54) is 11.3 Å². The van der Waals surface area contributed by atoms with Crippen molar-refractivity contribution in [3.63, 3.8) is 0 Å². The Morgan fingerprint density at radius 3 is 2.75 bits per heavy atom. The fraction of sp³-hybridized carbons (Fsp3) is 0.526. The van der Waals surface area contributed by atoms with Crippen molar-refractivity contribution in [2.75, 3.05) is 11.9 Å². The summed E-state index contributed by atoms with van der Waals surface area (Å²) in [5.41, 5.74) is 6.17. The number of rotatable bonds is 3. The third-order valence-corrected chi connectivity index (χ3v) is 6.59. The molecule has 1 aliphatic carbocycles.